The first-order chi connectivity index (χ1) is 14.4. The second-order valence-electron chi connectivity index (χ2n) is 7.50. The van der Waals surface area contributed by atoms with Gasteiger partial charge in [-0.3, -0.25) is 4.79 Å². The predicted molar refractivity (Wildman–Crippen MR) is 107 cm³/mol. The van der Waals surface area contributed by atoms with Crippen LogP contribution in [0.4, 0.5) is 14.5 Å². The van der Waals surface area contributed by atoms with Crippen LogP contribution in [0.5, 0.6) is 0 Å². The number of nitrogens with zero attached hydrogens (tertiary/aromatic N) is 3. The van der Waals surface area contributed by atoms with E-state index in [2.05, 4.69) is 15.1 Å². The maximum Gasteiger partial charge on any atom is 0.227 e. The maximum absolute atomic E-state index is 13.7. The first kappa shape index (κ1) is 18.5. The highest BCUT2D eigenvalue weighted by atomic mass is 19.1. The molecular weight excluding hydrogens is 390 g/mol. The molecule has 0 spiro atoms. The van der Waals surface area contributed by atoms with Gasteiger partial charge in [-0.15, -0.1) is 0 Å². The molecule has 6 nitrogen and oxygen atoms in total. The van der Waals surface area contributed by atoms with E-state index in [0.717, 1.165) is 51.8 Å². The molecule has 0 radical (unpaired) electrons. The van der Waals surface area contributed by atoms with Gasteiger partial charge in [-0.25, -0.2) is 13.8 Å². The van der Waals surface area contributed by atoms with Crippen molar-refractivity contribution in [2.75, 3.05) is 4.90 Å². The molecule has 1 amide bonds. The number of aromatic nitrogens is 3. The molecule has 0 saturated carbocycles. The van der Waals surface area contributed by atoms with Crippen LogP contribution in [-0.4, -0.2) is 21.0 Å². The van der Waals surface area contributed by atoms with Crippen molar-refractivity contribution >= 4 is 22.6 Å². The van der Waals surface area contributed by atoms with E-state index in [1.165, 1.54) is 4.90 Å². The van der Waals surface area contributed by atoms with Crippen molar-refractivity contribution in [3.8, 4) is 11.1 Å². The van der Waals surface area contributed by atoms with E-state index in [1.807, 2.05) is 32.0 Å². The third-order valence-electron chi connectivity index (χ3n) is 5.48. The second-order valence-corrected chi connectivity index (χ2v) is 7.50. The molecule has 1 fully saturated rings. The Morgan fingerprint density at radius 3 is 2.60 bits per heavy atom. The van der Waals surface area contributed by atoms with Crippen molar-refractivity contribution in [3.05, 3.63) is 65.3 Å². The topological polar surface area (TPSA) is 75.0 Å². The van der Waals surface area contributed by atoms with Gasteiger partial charge in [-0.05, 0) is 50.1 Å². The van der Waals surface area contributed by atoms with Gasteiger partial charge in [-0.2, -0.15) is 0 Å². The zero-order valence-corrected chi connectivity index (χ0v) is 16.4. The van der Waals surface area contributed by atoms with Gasteiger partial charge in [-0.1, -0.05) is 11.2 Å². The summed E-state index contributed by atoms with van der Waals surface area (Å²) in [5.41, 5.74) is 4.41. The van der Waals surface area contributed by atoms with Crippen molar-refractivity contribution in [1.82, 2.24) is 15.1 Å². The lowest BCUT2D eigenvalue weighted by atomic mass is 10.0. The number of halogens is 2. The number of rotatable bonds is 3. The Morgan fingerprint density at radius 2 is 1.90 bits per heavy atom. The number of aryl methyl sites for hydroxylation is 2. The minimum Gasteiger partial charge on any atom is -0.361 e. The van der Waals surface area contributed by atoms with Crippen LogP contribution in [0.3, 0.4) is 0 Å². The Kier molecular flexibility index (Phi) is 4.16. The van der Waals surface area contributed by atoms with Gasteiger partial charge in [0.05, 0.1) is 28.5 Å². The Balaban J connectivity index is 1.56. The Labute approximate surface area is 170 Å². The summed E-state index contributed by atoms with van der Waals surface area (Å²) in [6.45, 7) is 3.74. The van der Waals surface area contributed by atoms with Crippen LogP contribution >= 0.6 is 0 Å². The summed E-state index contributed by atoms with van der Waals surface area (Å²) >= 11 is 0. The van der Waals surface area contributed by atoms with Crippen LogP contribution in [0.15, 0.2) is 40.9 Å². The molecule has 0 unspecified atom stereocenters. The molecule has 3 heterocycles. The van der Waals surface area contributed by atoms with Gasteiger partial charge >= 0.3 is 0 Å². The lowest BCUT2D eigenvalue weighted by Crippen LogP contribution is -2.28. The lowest BCUT2D eigenvalue weighted by Gasteiger charge is -2.23. The van der Waals surface area contributed by atoms with Crippen molar-refractivity contribution < 1.29 is 18.1 Å². The lowest BCUT2D eigenvalue weighted by molar-refractivity contribution is -0.117. The summed E-state index contributed by atoms with van der Waals surface area (Å²) in [4.78, 5) is 21.8. The number of hydrogen-bond acceptors (Lipinski definition) is 4. The van der Waals surface area contributed by atoms with Crippen molar-refractivity contribution in [2.24, 2.45) is 0 Å². The first-order valence-electron chi connectivity index (χ1n) is 9.62. The molecule has 30 heavy (non-hydrogen) atoms. The van der Waals surface area contributed by atoms with E-state index < -0.39 is 17.7 Å². The molecule has 1 aliphatic rings. The van der Waals surface area contributed by atoms with Gasteiger partial charge in [0.2, 0.25) is 5.91 Å². The third kappa shape index (κ3) is 2.96. The smallest absolute Gasteiger partial charge is 0.227 e. The van der Waals surface area contributed by atoms with E-state index in [0.29, 0.717) is 12.2 Å². The summed E-state index contributed by atoms with van der Waals surface area (Å²) < 4.78 is 32.7. The number of imidazole rings is 1. The van der Waals surface area contributed by atoms with Gasteiger partial charge in [0.15, 0.2) is 0 Å². The molecule has 1 atom stereocenters. The molecule has 1 N–H and O–H groups in total. The summed E-state index contributed by atoms with van der Waals surface area (Å²) in [7, 11) is 0. The van der Waals surface area contributed by atoms with Gasteiger partial charge < -0.3 is 14.4 Å². The molecule has 2 aromatic heterocycles. The number of benzene rings is 2. The molecule has 1 aliphatic heterocycles. The standard InChI is InChI=1S/C22H18F2N4O2/c1-11-21(12(2)30-27-11)13-3-4-17-18(7-13)26-22(25-17)19-5-6-20(29)28(19)16-9-14(23)8-15(24)10-16/h3-4,7-10,19H,5-6H2,1-2H3,(H,25,26)/t19-/m0/s1. The first-order valence-corrected chi connectivity index (χ1v) is 9.62. The minimum absolute atomic E-state index is 0.192. The monoisotopic (exact) mass is 408 g/mol. The number of hydrogen-bond donors (Lipinski definition) is 1. The van der Waals surface area contributed by atoms with Gasteiger partial charge in [0.25, 0.3) is 0 Å². The molecule has 1 saturated heterocycles. The molecule has 0 bridgehead atoms. The minimum atomic E-state index is -0.725. The Morgan fingerprint density at radius 1 is 1.13 bits per heavy atom. The zero-order valence-electron chi connectivity index (χ0n) is 16.4. The number of nitrogens with one attached hydrogen (secondary N) is 1. The van der Waals surface area contributed by atoms with E-state index in [-0.39, 0.29) is 18.0 Å². The molecule has 8 heteroatoms. The number of carbonyl (C=O) groups excluding carboxylic acids is 1. The Bertz CT molecular complexity index is 1250. The van der Waals surface area contributed by atoms with E-state index in [1.54, 1.807) is 0 Å². The van der Waals surface area contributed by atoms with Gasteiger partial charge in [0, 0.05) is 18.1 Å². The van der Waals surface area contributed by atoms with Gasteiger partial charge in [0.1, 0.15) is 23.2 Å². The zero-order chi connectivity index (χ0) is 21.0. The number of H-pyrrole nitrogens is 1. The summed E-state index contributed by atoms with van der Waals surface area (Å²) in [6.07, 6.45) is 0.789. The summed E-state index contributed by atoms with van der Waals surface area (Å²) in [5.74, 6) is -0.333. The molecule has 5 rings (SSSR count). The molecular formula is C22H18F2N4O2. The van der Waals surface area contributed by atoms with E-state index in [9.17, 15) is 13.6 Å². The van der Waals surface area contributed by atoms with Crippen LogP contribution < -0.4 is 4.90 Å². The van der Waals surface area contributed by atoms with Crippen LogP contribution in [0.1, 0.15) is 36.2 Å². The summed E-state index contributed by atoms with van der Waals surface area (Å²) in [5, 5.41) is 4.00. The maximum atomic E-state index is 13.7. The van der Waals surface area contributed by atoms with E-state index >= 15 is 0 Å². The molecule has 0 aliphatic carbocycles. The molecule has 2 aromatic carbocycles. The number of amides is 1. The van der Waals surface area contributed by atoms with Crippen LogP contribution in [-0.2, 0) is 4.79 Å². The highest BCUT2D eigenvalue weighted by Crippen LogP contribution is 2.37. The SMILES string of the molecule is Cc1noc(C)c1-c1ccc2nc([C@@H]3CCC(=O)N3c3cc(F)cc(F)c3)[nH]c2c1. The van der Waals surface area contributed by atoms with Crippen LogP contribution in [0.2, 0.25) is 0 Å². The predicted octanol–water partition coefficient (Wildman–Crippen LogP) is 4.98. The highest BCUT2D eigenvalue weighted by Gasteiger charge is 2.35. The van der Waals surface area contributed by atoms with Crippen molar-refractivity contribution in [3.63, 3.8) is 0 Å². The Hall–Kier alpha value is -3.55. The average Bonchev–Trinajstić information content (AvgIpc) is 3.37. The fourth-order valence-corrected chi connectivity index (χ4v) is 4.18. The normalized spacial score (nSPS) is 16.7. The second kappa shape index (κ2) is 6.76. The number of anilines is 1. The number of aromatic amines is 1. The van der Waals surface area contributed by atoms with E-state index in [4.69, 9.17) is 4.52 Å². The average molecular weight is 408 g/mol. The quantitative estimate of drug-likeness (QED) is 0.519. The fourth-order valence-electron chi connectivity index (χ4n) is 4.18. The summed E-state index contributed by atoms with van der Waals surface area (Å²) in [6, 6.07) is 8.49. The van der Waals surface area contributed by atoms with Crippen molar-refractivity contribution in [2.45, 2.75) is 32.7 Å². The number of carbonyl (C=O) groups is 1. The molecule has 4 aromatic rings. The highest BCUT2D eigenvalue weighted by molar-refractivity contribution is 5.96. The number of fused-ring (bicyclic) bond motifs is 1. The van der Waals surface area contributed by atoms with Crippen molar-refractivity contribution in [1.29, 1.82) is 0 Å². The molecule has 152 valence electrons. The fraction of sp³-hybridized carbons (Fsp3) is 0.227. The van der Waals surface area contributed by atoms with Crippen LogP contribution in [0.25, 0.3) is 22.2 Å². The largest absolute Gasteiger partial charge is 0.361 e. The third-order valence-corrected chi connectivity index (χ3v) is 5.48. The van der Waals surface area contributed by atoms with Crippen LogP contribution in [0, 0.1) is 25.5 Å².